The van der Waals surface area contributed by atoms with Gasteiger partial charge in [-0.15, -0.1) is 0 Å². The normalized spacial score (nSPS) is 39.2. The summed E-state index contributed by atoms with van der Waals surface area (Å²) in [6, 6.07) is 4.56. The molecule has 3 N–H and O–H groups in total. The van der Waals surface area contributed by atoms with Crippen LogP contribution in [0.2, 0.25) is 0 Å². The molecule has 0 amide bonds. The van der Waals surface area contributed by atoms with Crippen LogP contribution < -0.4 is 10.6 Å². The highest BCUT2D eigenvalue weighted by molar-refractivity contribution is 5.56. The Morgan fingerprint density at radius 2 is 2.15 bits per heavy atom. The van der Waals surface area contributed by atoms with Crippen LogP contribution in [0, 0.1) is 11.8 Å². The first-order valence-corrected chi connectivity index (χ1v) is 9.90. The maximum atomic E-state index is 11.1. The number of benzene rings is 1. The van der Waals surface area contributed by atoms with E-state index in [2.05, 4.69) is 31.9 Å². The monoisotopic (exact) mass is 360 g/mol. The van der Waals surface area contributed by atoms with Gasteiger partial charge in [-0.1, -0.05) is 19.9 Å². The van der Waals surface area contributed by atoms with Gasteiger partial charge in [0.05, 0.1) is 12.7 Å². The minimum absolute atomic E-state index is 0.0920. The molecule has 1 heterocycles. The predicted molar refractivity (Wildman–Crippen MR) is 101 cm³/mol. The lowest BCUT2D eigenvalue weighted by atomic mass is 9.47. The maximum absolute atomic E-state index is 11.1. The Balaban J connectivity index is 1.93. The fourth-order valence-corrected chi connectivity index (χ4v) is 6.45. The number of fused-ring (bicyclic) bond motifs is 1. The smallest absolute Gasteiger partial charge is 0.161 e. The van der Waals surface area contributed by atoms with Gasteiger partial charge in [-0.3, -0.25) is 4.84 Å². The number of phenolic OH excluding ortho intramolecular Hbond substituents is 1. The van der Waals surface area contributed by atoms with Crippen molar-refractivity contribution in [3.05, 3.63) is 23.3 Å². The minimum atomic E-state index is -0.332. The first kappa shape index (κ1) is 18.1. The summed E-state index contributed by atoms with van der Waals surface area (Å²) in [7, 11) is 3.87. The highest BCUT2D eigenvalue weighted by Gasteiger charge is 2.61. The standard InChI is InChI=1S/C21H32N2O3/c1-5-21(26-22)12-20-8-9-23(3)16(15(20)10-13(21)2)11-14-6-7-17(25-4)19(24)18(14)20/h6-7,13,15-16,24H,5,8-12,22H2,1-4H3. The molecule has 26 heavy (non-hydrogen) atoms. The molecule has 5 nitrogen and oxygen atoms in total. The first-order valence-electron chi connectivity index (χ1n) is 9.90. The van der Waals surface area contributed by atoms with E-state index in [4.69, 9.17) is 15.5 Å². The Kier molecular flexibility index (Phi) is 4.25. The zero-order valence-electron chi connectivity index (χ0n) is 16.4. The molecule has 1 aromatic carbocycles. The van der Waals surface area contributed by atoms with Gasteiger partial charge in [-0.25, -0.2) is 5.90 Å². The number of ether oxygens (including phenoxy) is 1. The summed E-state index contributed by atoms with van der Waals surface area (Å²) in [4.78, 5) is 8.20. The molecule has 4 rings (SSSR count). The molecule has 0 radical (unpaired) electrons. The number of methoxy groups -OCH3 is 1. The number of likely N-dealkylation sites (N-methyl/N-ethyl adjacent to an activating group) is 1. The number of likely N-dealkylation sites (tertiary alicyclic amines) is 1. The summed E-state index contributed by atoms with van der Waals surface area (Å²) in [6.45, 7) is 5.48. The van der Waals surface area contributed by atoms with Crippen molar-refractivity contribution in [2.24, 2.45) is 17.7 Å². The molecule has 0 spiro atoms. The van der Waals surface area contributed by atoms with E-state index < -0.39 is 0 Å². The molecule has 1 aromatic rings. The van der Waals surface area contributed by atoms with Crippen LogP contribution in [0.5, 0.6) is 11.5 Å². The minimum Gasteiger partial charge on any atom is -0.504 e. The fraction of sp³-hybridized carbons (Fsp3) is 0.714. The van der Waals surface area contributed by atoms with E-state index in [1.165, 1.54) is 5.56 Å². The third-order valence-electron chi connectivity index (χ3n) is 7.98. The van der Waals surface area contributed by atoms with Crippen molar-refractivity contribution in [2.45, 2.75) is 63.0 Å². The van der Waals surface area contributed by atoms with Gasteiger partial charge in [0, 0.05) is 17.0 Å². The zero-order chi connectivity index (χ0) is 18.7. The molecular formula is C21H32N2O3. The van der Waals surface area contributed by atoms with Crippen molar-refractivity contribution in [2.75, 3.05) is 20.7 Å². The van der Waals surface area contributed by atoms with Crippen LogP contribution in [-0.2, 0) is 16.7 Å². The topological polar surface area (TPSA) is 68.0 Å². The molecule has 1 saturated carbocycles. The number of hydrogen-bond donors (Lipinski definition) is 2. The van der Waals surface area contributed by atoms with E-state index in [0.717, 1.165) is 44.2 Å². The largest absolute Gasteiger partial charge is 0.504 e. The van der Waals surface area contributed by atoms with Crippen molar-refractivity contribution < 1.29 is 14.7 Å². The number of phenols is 1. The summed E-state index contributed by atoms with van der Waals surface area (Å²) >= 11 is 0. The average Bonchev–Trinajstić information content (AvgIpc) is 2.64. The number of nitrogens with two attached hydrogens (primary N) is 1. The SMILES string of the molecule is CCC1(ON)CC23CCN(C)C(Cc4ccc(OC)c(O)c42)C3CC1C. The van der Waals surface area contributed by atoms with Gasteiger partial charge in [0.2, 0.25) is 0 Å². The van der Waals surface area contributed by atoms with Gasteiger partial charge in [0.15, 0.2) is 11.5 Å². The molecule has 2 bridgehead atoms. The van der Waals surface area contributed by atoms with Crippen LogP contribution in [0.3, 0.4) is 0 Å². The van der Waals surface area contributed by atoms with Gasteiger partial charge < -0.3 is 14.7 Å². The Morgan fingerprint density at radius 3 is 2.81 bits per heavy atom. The molecule has 5 atom stereocenters. The number of nitrogens with zero attached hydrogens (tertiary/aromatic N) is 1. The lowest BCUT2D eigenvalue weighted by Crippen LogP contribution is -2.65. The number of aromatic hydroxyl groups is 1. The quantitative estimate of drug-likeness (QED) is 0.811. The van der Waals surface area contributed by atoms with E-state index in [0.29, 0.717) is 29.4 Å². The second-order valence-electron chi connectivity index (χ2n) is 8.76. The molecule has 1 aliphatic heterocycles. The number of piperidine rings is 1. The average molecular weight is 360 g/mol. The van der Waals surface area contributed by atoms with Crippen molar-refractivity contribution in [1.82, 2.24) is 4.90 Å². The summed E-state index contributed by atoms with van der Waals surface area (Å²) in [6.07, 6.45) is 4.86. The molecule has 3 aliphatic rings. The molecule has 144 valence electrons. The highest BCUT2D eigenvalue weighted by atomic mass is 16.6. The fourth-order valence-electron chi connectivity index (χ4n) is 6.45. The van der Waals surface area contributed by atoms with Gasteiger partial charge in [0.25, 0.3) is 0 Å². The molecule has 5 heteroatoms. The maximum Gasteiger partial charge on any atom is 0.161 e. The molecule has 2 fully saturated rings. The van der Waals surface area contributed by atoms with E-state index in [1.807, 2.05) is 6.07 Å². The lowest BCUT2D eigenvalue weighted by Gasteiger charge is -2.63. The van der Waals surface area contributed by atoms with E-state index >= 15 is 0 Å². The van der Waals surface area contributed by atoms with Gasteiger partial charge >= 0.3 is 0 Å². The van der Waals surface area contributed by atoms with Crippen molar-refractivity contribution in [3.8, 4) is 11.5 Å². The van der Waals surface area contributed by atoms with Crippen LogP contribution in [0.1, 0.15) is 50.7 Å². The predicted octanol–water partition coefficient (Wildman–Crippen LogP) is 2.98. The van der Waals surface area contributed by atoms with Gasteiger partial charge in [0.1, 0.15) is 0 Å². The molecule has 2 aliphatic carbocycles. The van der Waals surface area contributed by atoms with Gasteiger partial charge in [-0.2, -0.15) is 0 Å². The molecular weight excluding hydrogens is 328 g/mol. The van der Waals surface area contributed by atoms with Crippen LogP contribution in [-0.4, -0.2) is 42.4 Å². The van der Waals surface area contributed by atoms with Crippen molar-refractivity contribution >= 4 is 0 Å². The molecule has 5 unspecified atom stereocenters. The Labute approximate surface area is 156 Å². The lowest BCUT2D eigenvalue weighted by molar-refractivity contribution is -0.163. The van der Waals surface area contributed by atoms with Gasteiger partial charge in [-0.05, 0) is 69.2 Å². The van der Waals surface area contributed by atoms with Crippen LogP contribution >= 0.6 is 0 Å². The Hall–Kier alpha value is -1.30. The summed E-state index contributed by atoms with van der Waals surface area (Å²) in [5.41, 5.74) is 1.94. The van der Waals surface area contributed by atoms with E-state index in [1.54, 1.807) is 7.11 Å². The second kappa shape index (κ2) is 6.11. The highest BCUT2D eigenvalue weighted by Crippen LogP contribution is 2.62. The van der Waals surface area contributed by atoms with E-state index in [-0.39, 0.29) is 11.0 Å². The van der Waals surface area contributed by atoms with Crippen molar-refractivity contribution in [1.29, 1.82) is 0 Å². The second-order valence-corrected chi connectivity index (χ2v) is 8.76. The number of rotatable bonds is 3. The Morgan fingerprint density at radius 1 is 1.38 bits per heavy atom. The van der Waals surface area contributed by atoms with Crippen LogP contribution in [0.4, 0.5) is 0 Å². The Bertz CT molecular complexity index is 703. The van der Waals surface area contributed by atoms with E-state index in [9.17, 15) is 5.11 Å². The summed E-state index contributed by atoms with van der Waals surface area (Å²) in [5.74, 6) is 7.68. The third kappa shape index (κ3) is 2.20. The van der Waals surface area contributed by atoms with Crippen LogP contribution in [0.15, 0.2) is 12.1 Å². The molecule has 0 aromatic heterocycles. The molecule has 1 saturated heterocycles. The van der Waals surface area contributed by atoms with Crippen LogP contribution in [0.25, 0.3) is 0 Å². The number of hydrogen-bond acceptors (Lipinski definition) is 5. The zero-order valence-corrected chi connectivity index (χ0v) is 16.4. The first-order chi connectivity index (χ1) is 12.4. The summed E-state index contributed by atoms with van der Waals surface area (Å²) < 4.78 is 5.46. The third-order valence-corrected chi connectivity index (χ3v) is 7.98. The summed E-state index contributed by atoms with van der Waals surface area (Å²) in [5, 5.41) is 11.1. The van der Waals surface area contributed by atoms with Crippen molar-refractivity contribution in [3.63, 3.8) is 0 Å².